The summed E-state index contributed by atoms with van der Waals surface area (Å²) in [5.41, 5.74) is 1.66. The molecule has 3 aromatic rings. The van der Waals surface area contributed by atoms with Crippen LogP contribution in [0.5, 0.6) is 0 Å². The van der Waals surface area contributed by atoms with Crippen molar-refractivity contribution in [2.24, 2.45) is 0 Å². The summed E-state index contributed by atoms with van der Waals surface area (Å²) >= 11 is 0. The Kier molecular flexibility index (Phi) is 5.72. The van der Waals surface area contributed by atoms with Crippen molar-refractivity contribution >= 4 is 34.6 Å². The van der Waals surface area contributed by atoms with Crippen LogP contribution >= 0.6 is 0 Å². The van der Waals surface area contributed by atoms with Gasteiger partial charge in [0.05, 0.1) is 0 Å². The first-order valence-corrected chi connectivity index (χ1v) is 9.90. The van der Waals surface area contributed by atoms with Crippen molar-refractivity contribution in [3.63, 3.8) is 0 Å². The molecule has 0 saturated carbocycles. The van der Waals surface area contributed by atoms with Crippen molar-refractivity contribution in [1.82, 2.24) is 14.4 Å². The molecular formula is C23H20FN3O5. The Bertz CT molecular complexity index is 1240. The van der Waals surface area contributed by atoms with Crippen molar-refractivity contribution in [1.29, 1.82) is 0 Å². The number of fused-ring (bicyclic) bond motifs is 3. The Labute approximate surface area is 182 Å². The zero-order valence-corrected chi connectivity index (χ0v) is 17.3. The number of imide groups is 1. The quantitative estimate of drug-likeness (QED) is 0.435. The highest BCUT2D eigenvalue weighted by Gasteiger charge is 2.34. The van der Waals surface area contributed by atoms with Crippen LogP contribution < -0.4 is 0 Å². The summed E-state index contributed by atoms with van der Waals surface area (Å²) in [5, 5.41) is 0.819. The fraction of sp³-hybridized carbons (Fsp3) is 0.217. The molecule has 0 N–H and O–H groups in total. The third-order valence-electron chi connectivity index (χ3n) is 5.25. The van der Waals surface area contributed by atoms with Gasteiger partial charge in [-0.15, -0.1) is 0 Å². The molecule has 0 unspecified atom stereocenters. The van der Waals surface area contributed by atoms with Crippen LogP contribution in [-0.2, 0) is 32.2 Å². The Morgan fingerprint density at radius 3 is 2.66 bits per heavy atom. The molecular weight excluding hydrogens is 417 g/mol. The molecule has 8 nitrogen and oxygen atoms in total. The van der Waals surface area contributed by atoms with E-state index in [0.717, 1.165) is 15.8 Å². The molecule has 0 saturated heterocycles. The van der Waals surface area contributed by atoms with Gasteiger partial charge < -0.3 is 14.2 Å². The van der Waals surface area contributed by atoms with Crippen LogP contribution in [0.3, 0.4) is 0 Å². The summed E-state index contributed by atoms with van der Waals surface area (Å²) in [6.07, 6.45) is 0. The Balaban J connectivity index is 1.35. The fourth-order valence-corrected chi connectivity index (χ4v) is 3.61. The van der Waals surface area contributed by atoms with Gasteiger partial charge in [0.25, 0.3) is 11.8 Å². The van der Waals surface area contributed by atoms with E-state index in [9.17, 15) is 23.6 Å². The molecule has 0 spiro atoms. The van der Waals surface area contributed by atoms with Gasteiger partial charge in [-0.25, -0.2) is 4.39 Å². The summed E-state index contributed by atoms with van der Waals surface area (Å²) in [4.78, 5) is 51.8. The lowest BCUT2D eigenvalue weighted by molar-refractivity contribution is -0.154. The maximum absolute atomic E-state index is 13.3. The van der Waals surface area contributed by atoms with Crippen molar-refractivity contribution in [2.45, 2.75) is 13.1 Å². The van der Waals surface area contributed by atoms with Crippen LogP contribution in [0.4, 0.5) is 4.39 Å². The number of rotatable bonds is 6. The second-order valence-corrected chi connectivity index (χ2v) is 7.50. The maximum Gasteiger partial charge on any atom is 0.326 e. The SMILES string of the molecule is CN(Cc1cccc(F)c1)C(=O)COC(=O)CN1C(=O)Cn2c(cc3ccccc32)C1=O. The average molecular weight is 437 g/mol. The number of halogens is 1. The highest BCUT2D eigenvalue weighted by molar-refractivity contribution is 6.10. The van der Waals surface area contributed by atoms with E-state index in [4.69, 9.17) is 4.74 Å². The van der Waals surface area contributed by atoms with E-state index in [1.807, 2.05) is 24.3 Å². The molecule has 0 bridgehead atoms. The molecule has 164 valence electrons. The first-order valence-electron chi connectivity index (χ1n) is 9.90. The molecule has 0 radical (unpaired) electrons. The van der Waals surface area contributed by atoms with E-state index < -0.39 is 42.7 Å². The number of hydrogen-bond donors (Lipinski definition) is 0. The minimum Gasteiger partial charge on any atom is -0.454 e. The van der Waals surface area contributed by atoms with Crippen LogP contribution in [0.2, 0.25) is 0 Å². The lowest BCUT2D eigenvalue weighted by atomic mass is 10.2. The minimum atomic E-state index is -0.872. The number of esters is 1. The third-order valence-corrected chi connectivity index (χ3v) is 5.25. The summed E-state index contributed by atoms with van der Waals surface area (Å²) in [6.45, 7) is -1.07. The van der Waals surface area contributed by atoms with E-state index in [1.54, 1.807) is 16.7 Å². The maximum atomic E-state index is 13.3. The molecule has 32 heavy (non-hydrogen) atoms. The summed E-state index contributed by atoms with van der Waals surface area (Å²) in [6, 6.07) is 14.8. The van der Waals surface area contributed by atoms with E-state index in [0.29, 0.717) is 11.3 Å². The van der Waals surface area contributed by atoms with Gasteiger partial charge in [-0.05, 0) is 29.8 Å². The number of carbonyl (C=O) groups is 4. The number of carbonyl (C=O) groups excluding carboxylic acids is 4. The summed E-state index contributed by atoms with van der Waals surface area (Å²) in [7, 11) is 1.50. The zero-order valence-electron chi connectivity index (χ0n) is 17.3. The van der Waals surface area contributed by atoms with E-state index in [-0.39, 0.29) is 13.1 Å². The number of hydrogen-bond acceptors (Lipinski definition) is 5. The van der Waals surface area contributed by atoms with Crippen LogP contribution in [0.25, 0.3) is 10.9 Å². The number of para-hydroxylation sites is 1. The van der Waals surface area contributed by atoms with Gasteiger partial charge in [-0.2, -0.15) is 0 Å². The normalized spacial score (nSPS) is 13.2. The van der Waals surface area contributed by atoms with Gasteiger partial charge in [0.1, 0.15) is 24.6 Å². The molecule has 0 aliphatic carbocycles. The van der Waals surface area contributed by atoms with Crippen LogP contribution in [0, 0.1) is 5.82 Å². The topological polar surface area (TPSA) is 88.9 Å². The highest BCUT2D eigenvalue weighted by Crippen LogP contribution is 2.24. The van der Waals surface area contributed by atoms with Gasteiger partial charge in [-0.1, -0.05) is 30.3 Å². The summed E-state index contributed by atoms with van der Waals surface area (Å²) < 4.78 is 19.9. The lowest BCUT2D eigenvalue weighted by Crippen LogP contribution is -2.47. The first kappa shape index (κ1) is 21.2. The number of amides is 3. The molecule has 1 aliphatic rings. The Morgan fingerprint density at radius 2 is 1.88 bits per heavy atom. The van der Waals surface area contributed by atoms with Crippen molar-refractivity contribution < 1.29 is 28.3 Å². The molecule has 0 fully saturated rings. The molecule has 1 aromatic heterocycles. The van der Waals surface area contributed by atoms with Gasteiger partial charge in [0, 0.05) is 24.5 Å². The smallest absolute Gasteiger partial charge is 0.326 e. The third kappa shape index (κ3) is 4.22. The van der Waals surface area contributed by atoms with Crippen molar-refractivity contribution in [3.05, 3.63) is 71.7 Å². The van der Waals surface area contributed by atoms with Crippen molar-refractivity contribution in [3.8, 4) is 0 Å². The van der Waals surface area contributed by atoms with Crippen LogP contribution in [0.15, 0.2) is 54.6 Å². The highest BCUT2D eigenvalue weighted by atomic mass is 19.1. The molecule has 4 rings (SSSR count). The lowest BCUT2D eigenvalue weighted by Gasteiger charge is -2.26. The standard InChI is InChI=1S/C23H20FN3O5/c1-25(11-15-5-4-7-17(24)9-15)21(29)14-32-22(30)13-27-20(28)12-26-18-8-3-2-6-16(18)10-19(26)23(27)31/h2-10H,11-14H2,1H3. The Hall–Kier alpha value is -4.01. The van der Waals surface area contributed by atoms with E-state index >= 15 is 0 Å². The number of likely N-dealkylation sites (N-methyl/N-ethyl adjacent to an activating group) is 1. The predicted octanol–water partition coefficient (Wildman–Crippen LogP) is 1.96. The molecule has 3 amide bonds. The van der Waals surface area contributed by atoms with Gasteiger partial charge in [-0.3, -0.25) is 24.1 Å². The first-order chi connectivity index (χ1) is 15.3. The number of ether oxygens (including phenoxy) is 1. The minimum absolute atomic E-state index is 0.0723. The Morgan fingerprint density at radius 1 is 1.09 bits per heavy atom. The van der Waals surface area contributed by atoms with Crippen molar-refractivity contribution in [2.75, 3.05) is 20.2 Å². The largest absolute Gasteiger partial charge is 0.454 e. The van der Waals surface area contributed by atoms with Gasteiger partial charge in [0.2, 0.25) is 5.91 Å². The average Bonchev–Trinajstić information content (AvgIpc) is 3.13. The van der Waals surface area contributed by atoms with Gasteiger partial charge in [0.15, 0.2) is 6.61 Å². The van der Waals surface area contributed by atoms with Crippen LogP contribution in [0.1, 0.15) is 16.1 Å². The molecule has 1 aliphatic heterocycles. The second kappa shape index (κ2) is 8.62. The monoisotopic (exact) mass is 437 g/mol. The zero-order chi connectivity index (χ0) is 22.8. The predicted molar refractivity (Wildman–Crippen MR) is 112 cm³/mol. The second-order valence-electron chi connectivity index (χ2n) is 7.50. The molecule has 0 atom stereocenters. The van der Waals surface area contributed by atoms with E-state index in [2.05, 4.69) is 0 Å². The van der Waals surface area contributed by atoms with E-state index in [1.165, 1.54) is 30.1 Å². The number of aromatic nitrogens is 1. The summed E-state index contributed by atoms with van der Waals surface area (Å²) in [5.74, 6) is -2.91. The molecule has 9 heteroatoms. The van der Waals surface area contributed by atoms with Gasteiger partial charge >= 0.3 is 5.97 Å². The number of nitrogens with zero attached hydrogens (tertiary/aromatic N) is 3. The molecule has 2 heterocycles. The fourth-order valence-electron chi connectivity index (χ4n) is 3.61. The van der Waals surface area contributed by atoms with Crippen LogP contribution in [-0.4, -0.2) is 58.3 Å². The number of benzene rings is 2. The molecule has 2 aromatic carbocycles.